The molecular weight excluding hydrogens is 757 g/mol. The number of carbonyl (C=O) groups excluding carboxylic acids is 4. The number of alkyl carbamates (subject to hydrolysis) is 1. The molecule has 2 aromatic heterocycles. The van der Waals surface area contributed by atoms with Crippen molar-refractivity contribution in [3.05, 3.63) is 60.4 Å². The van der Waals surface area contributed by atoms with Crippen LogP contribution in [-0.2, 0) is 31.9 Å². The predicted molar refractivity (Wildman–Crippen MR) is 215 cm³/mol. The molecule has 0 aliphatic carbocycles. The van der Waals surface area contributed by atoms with Crippen LogP contribution in [0, 0.1) is 0 Å². The van der Waals surface area contributed by atoms with E-state index < -0.39 is 24.4 Å². The first-order chi connectivity index (χ1) is 27.3. The van der Waals surface area contributed by atoms with E-state index in [1.165, 1.54) is 21.3 Å². The van der Waals surface area contributed by atoms with E-state index in [-0.39, 0.29) is 24.7 Å². The Labute approximate surface area is 336 Å². The summed E-state index contributed by atoms with van der Waals surface area (Å²) in [6, 6.07) is 12.3. The van der Waals surface area contributed by atoms with Crippen LogP contribution in [0.1, 0.15) is 64.0 Å². The van der Waals surface area contributed by atoms with E-state index in [2.05, 4.69) is 69.3 Å². The standard InChI is InChI=1S/C34H42N6O5S.C3H7NO2.C2H5NO2/c1-21(41)15-33(43)35-13-5-3-7-31-37-19-25(39-31)23-10-12-29-28(17-23)45-27-11-9-24(18-30(27)46-29)26-20-38-32(40-26)8-4-6-14-36-34(44)16-22(2)42;1-4-3(5)6-2;1-5-2(3)4/h9-12,17-22,41-42H,3-8,13-16H2,1-2H3,(H,35,43)(H,36,44)(H,37,39)(H,38,40);1-2H3,(H,4,5);1H3,(H2,3,4). The fraction of sp³-hybridized carbons (Fsp3) is 0.436. The SMILES string of the molecule is CC(O)CC(=O)NCCCCc1ncc(-c2ccc3c(c2)Oc2ccc(-c4cnc(CCCCNC(=O)CC(C)O)[nH]4)cc2S3)[nH]1.CNC(=O)OC.COC(N)=O. The quantitative estimate of drug-likeness (QED) is 0.0624. The normalized spacial score (nSPS) is 12.1. The van der Waals surface area contributed by atoms with Gasteiger partial charge >= 0.3 is 12.2 Å². The monoisotopic (exact) mass is 810 g/mol. The van der Waals surface area contributed by atoms with Gasteiger partial charge in [-0.1, -0.05) is 17.8 Å². The first-order valence-corrected chi connectivity index (χ1v) is 19.3. The third-order valence-corrected chi connectivity index (χ3v) is 9.18. The molecule has 2 aromatic carbocycles. The van der Waals surface area contributed by atoms with Crippen molar-refractivity contribution in [2.45, 2.75) is 87.2 Å². The number of aromatic amines is 2. The van der Waals surface area contributed by atoms with Gasteiger partial charge in [-0.15, -0.1) is 0 Å². The van der Waals surface area contributed by atoms with Crippen molar-refractivity contribution in [1.82, 2.24) is 35.9 Å². The second-order valence-electron chi connectivity index (χ2n) is 13.0. The van der Waals surface area contributed by atoms with Crippen molar-refractivity contribution in [2.75, 3.05) is 34.4 Å². The van der Waals surface area contributed by atoms with Crippen LogP contribution in [0.5, 0.6) is 11.5 Å². The number of rotatable bonds is 16. The van der Waals surface area contributed by atoms with Gasteiger partial charge in [-0.05, 0) is 69.9 Å². The number of aromatic nitrogens is 4. The first kappa shape index (κ1) is 45.8. The minimum Gasteiger partial charge on any atom is -0.455 e. The van der Waals surface area contributed by atoms with Gasteiger partial charge in [-0.25, -0.2) is 19.6 Å². The van der Waals surface area contributed by atoms with E-state index in [0.717, 1.165) is 94.0 Å². The van der Waals surface area contributed by atoms with Gasteiger partial charge in [-0.2, -0.15) is 0 Å². The molecule has 5 rings (SSSR count). The molecule has 57 heavy (non-hydrogen) atoms. The van der Waals surface area contributed by atoms with Crippen molar-refractivity contribution < 1.29 is 43.6 Å². The second-order valence-corrected chi connectivity index (χ2v) is 14.1. The molecule has 3 heterocycles. The Balaban J connectivity index is 0.000000696. The average Bonchev–Trinajstić information content (AvgIpc) is 3.86. The molecule has 4 amide bonds. The van der Waals surface area contributed by atoms with Crippen molar-refractivity contribution in [3.63, 3.8) is 0 Å². The number of benzene rings is 2. The average molecular weight is 811 g/mol. The highest BCUT2D eigenvalue weighted by Gasteiger charge is 2.20. The lowest BCUT2D eigenvalue weighted by Crippen LogP contribution is -2.27. The molecule has 2 unspecified atom stereocenters. The number of nitrogens with one attached hydrogen (secondary N) is 5. The second kappa shape index (κ2) is 24.1. The third kappa shape index (κ3) is 16.6. The first-order valence-electron chi connectivity index (χ1n) is 18.5. The number of aliphatic hydroxyl groups is 2. The van der Waals surface area contributed by atoms with E-state index in [1.54, 1.807) is 25.6 Å². The number of aryl methyl sites for hydroxylation is 2. The Hall–Kier alpha value is -5.59. The number of nitrogens with zero attached hydrogens (tertiary/aromatic N) is 2. The van der Waals surface area contributed by atoms with Crippen LogP contribution in [0.15, 0.2) is 58.6 Å². The topological polar surface area (TPSA) is 256 Å². The molecule has 0 radical (unpaired) electrons. The smallest absolute Gasteiger partial charge is 0.406 e. The lowest BCUT2D eigenvalue weighted by molar-refractivity contribution is -0.123. The van der Waals surface area contributed by atoms with Crippen molar-refractivity contribution in [3.8, 4) is 34.0 Å². The molecule has 9 N–H and O–H groups in total. The number of ether oxygens (including phenoxy) is 3. The van der Waals surface area contributed by atoms with E-state index in [4.69, 9.17) is 4.74 Å². The Morgan fingerprint density at radius 2 is 1.28 bits per heavy atom. The number of primary amides is 1. The molecule has 1 aliphatic rings. The van der Waals surface area contributed by atoms with Crippen LogP contribution in [0.25, 0.3) is 22.5 Å². The molecule has 0 fully saturated rings. The lowest BCUT2D eigenvalue weighted by atomic mass is 10.1. The molecule has 0 spiro atoms. The maximum atomic E-state index is 11.7. The van der Waals surface area contributed by atoms with Gasteiger partial charge in [0.05, 0.1) is 72.8 Å². The fourth-order valence-corrected chi connectivity index (χ4v) is 6.23. The summed E-state index contributed by atoms with van der Waals surface area (Å²) in [6.45, 7) is 4.38. The molecule has 17 nitrogen and oxygen atoms in total. The van der Waals surface area contributed by atoms with E-state index in [0.29, 0.717) is 13.1 Å². The van der Waals surface area contributed by atoms with Gasteiger partial charge < -0.3 is 56.1 Å². The molecule has 18 heteroatoms. The summed E-state index contributed by atoms with van der Waals surface area (Å²) in [5, 5.41) is 26.5. The third-order valence-electron chi connectivity index (χ3n) is 8.08. The van der Waals surface area contributed by atoms with Gasteiger partial charge in [0.15, 0.2) is 0 Å². The van der Waals surface area contributed by atoms with Crippen LogP contribution in [0.4, 0.5) is 9.59 Å². The van der Waals surface area contributed by atoms with Gasteiger partial charge in [0.2, 0.25) is 11.8 Å². The number of carbonyl (C=O) groups is 4. The summed E-state index contributed by atoms with van der Waals surface area (Å²) >= 11 is 1.67. The van der Waals surface area contributed by atoms with Crippen molar-refractivity contribution >= 4 is 35.8 Å². The summed E-state index contributed by atoms with van der Waals surface area (Å²) in [4.78, 5) is 60.5. The van der Waals surface area contributed by atoms with E-state index in [1.807, 2.05) is 30.6 Å². The van der Waals surface area contributed by atoms with Gasteiger partial charge in [0.25, 0.3) is 0 Å². The molecule has 0 saturated carbocycles. The molecule has 0 saturated heterocycles. The minimum absolute atomic E-state index is 0.127. The number of unbranched alkanes of at least 4 members (excludes halogenated alkanes) is 2. The lowest BCUT2D eigenvalue weighted by Gasteiger charge is -2.20. The fourth-order valence-electron chi connectivity index (χ4n) is 5.26. The molecule has 4 aromatic rings. The number of fused-ring (bicyclic) bond motifs is 2. The Kier molecular flexibility index (Phi) is 19.4. The van der Waals surface area contributed by atoms with Gasteiger partial charge in [-0.3, -0.25) is 9.59 Å². The zero-order valence-electron chi connectivity index (χ0n) is 33.0. The maximum absolute atomic E-state index is 11.7. The zero-order valence-corrected chi connectivity index (χ0v) is 33.8. The number of hydrogen-bond donors (Lipinski definition) is 8. The Morgan fingerprint density at radius 1 is 0.772 bits per heavy atom. The summed E-state index contributed by atoms with van der Waals surface area (Å²) < 4.78 is 14.4. The summed E-state index contributed by atoms with van der Waals surface area (Å²) in [7, 11) is 4.05. The number of methoxy groups -OCH3 is 2. The van der Waals surface area contributed by atoms with Gasteiger partial charge in [0.1, 0.15) is 23.1 Å². The van der Waals surface area contributed by atoms with Crippen LogP contribution >= 0.6 is 11.8 Å². The molecule has 310 valence electrons. The Bertz CT molecular complexity index is 1770. The molecule has 2 atom stereocenters. The highest BCUT2D eigenvalue weighted by atomic mass is 32.2. The molecular formula is C39H54N8O9S. The molecule has 0 bridgehead atoms. The van der Waals surface area contributed by atoms with E-state index in [9.17, 15) is 29.4 Å². The predicted octanol–water partition coefficient (Wildman–Crippen LogP) is 4.83. The number of imidazole rings is 2. The van der Waals surface area contributed by atoms with Crippen molar-refractivity contribution in [1.29, 1.82) is 0 Å². The summed E-state index contributed by atoms with van der Waals surface area (Å²) in [6.07, 6.45) is 6.56. The number of hydrogen-bond acceptors (Lipinski definition) is 12. The van der Waals surface area contributed by atoms with E-state index >= 15 is 0 Å². The van der Waals surface area contributed by atoms with Crippen LogP contribution in [0.2, 0.25) is 0 Å². The largest absolute Gasteiger partial charge is 0.455 e. The van der Waals surface area contributed by atoms with Crippen LogP contribution in [-0.4, -0.2) is 101 Å². The number of amides is 4. The van der Waals surface area contributed by atoms with Crippen LogP contribution < -0.4 is 26.4 Å². The van der Waals surface area contributed by atoms with Gasteiger partial charge in [0, 0.05) is 44.1 Å². The zero-order chi connectivity index (χ0) is 41.7. The van der Waals surface area contributed by atoms with Crippen molar-refractivity contribution in [2.24, 2.45) is 5.73 Å². The van der Waals surface area contributed by atoms with Crippen LogP contribution in [0.3, 0.4) is 0 Å². The maximum Gasteiger partial charge on any atom is 0.406 e. The summed E-state index contributed by atoms with van der Waals surface area (Å²) in [5.41, 5.74) is 8.33. The highest BCUT2D eigenvalue weighted by Crippen LogP contribution is 2.49. The number of aliphatic hydroxyl groups excluding tert-OH is 2. The number of H-pyrrole nitrogens is 2. The highest BCUT2D eigenvalue weighted by molar-refractivity contribution is 7.99. The minimum atomic E-state index is -0.745. The Morgan fingerprint density at radius 3 is 1.74 bits per heavy atom. The number of nitrogens with two attached hydrogens (primary N) is 1. The summed E-state index contributed by atoms with van der Waals surface area (Å²) in [5.74, 6) is 3.16. The molecule has 1 aliphatic heterocycles.